The zero-order chi connectivity index (χ0) is 11.8. The molecule has 6 nitrogen and oxygen atoms in total. The lowest BCUT2D eigenvalue weighted by atomic mass is 10.1. The maximum atomic E-state index is 5.84. The van der Waals surface area contributed by atoms with Gasteiger partial charge in [-0.1, -0.05) is 23.5 Å². The summed E-state index contributed by atoms with van der Waals surface area (Å²) < 4.78 is 6.80. The molecule has 0 aliphatic heterocycles. The van der Waals surface area contributed by atoms with E-state index in [0.29, 0.717) is 12.5 Å². The molecular formula is C10H13N5OS. The molecule has 2 aromatic heterocycles. The van der Waals surface area contributed by atoms with Crippen molar-refractivity contribution in [2.24, 2.45) is 5.73 Å². The first-order valence-corrected chi connectivity index (χ1v) is 6.23. The molecule has 17 heavy (non-hydrogen) atoms. The molecule has 2 heterocycles. The number of allylic oxidation sites excluding steroid dienone is 1. The highest BCUT2D eigenvalue weighted by Gasteiger charge is 2.22. The highest BCUT2D eigenvalue weighted by Crippen LogP contribution is 2.30. The SMILES string of the molecule is COCc1nnc2sc(C3C=CC(N)C3)nn12. The van der Waals surface area contributed by atoms with Gasteiger partial charge in [0.15, 0.2) is 5.82 Å². The lowest BCUT2D eigenvalue weighted by molar-refractivity contribution is 0.176. The van der Waals surface area contributed by atoms with Gasteiger partial charge in [-0.3, -0.25) is 0 Å². The van der Waals surface area contributed by atoms with Crippen LogP contribution in [0.15, 0.2) is 12.2 Å². The molecule has 0 bridgehead atoms. The van der Waals surface area contributed by atoms with Crippen LogP contribution in [-0.4, -0.2) is 33.0 Å². The van der Waals surface area contributed by atoms with Gasteiger partial charge in [-0.05, 0) is 6.42 Å². The molecular weight excluding hydrogens is 238 g/mol. The number of fused-ring (bicyclic) bond motifs is 1. The van der Waals surface area contributed by atoms with E-state index in [-0.39, 0.29) is 6.04 Å². The van der Waals surface area contributed by atoms with Crippen LogP contribution < -0.4 is 5.73 Å². The molecule has 3 rings (SSSR count). The maximum absolute atomic E-state index is 5.84. The number of nitrogens with two attached hydrogens (primary N) is 1. The molecule has 2 aromatic rings. The second-order valence-corrected chi connectivity index (χ2v) is 5.06. The summed E-state index contributed by atoms with van der Waals surface area (Å²) in [6, 6.07) is 0.146. The third kappa shape index (κ3) is 1.86. The highest BCUT2D eigenvalue weighted by atomic mass is 32.1. The predicted molar refractivity (Wildman–Crippen MR) is 63.8 cm³/mol. The first kappa shape index (κ1) is 10.8. The smallest absolute Gasteiger partial charge is 0.234 e. The van der Waals surface area contributed by atoms with Gasteiger partial charge >= 0.3 is 0 Å². The van der Waals surface area contributed by atoms with E-state index >= 15 is 0 Å². The van der Waals surface area contributed by atoms with Gasteiger partial charge in [0.05, 0.1) is 0 Å². The van der Waals surface area contributed by atoms with E-state index in [2.05, 4.69) is 21.4 Å². The molecule has 0 amide bonds. The van der Waals surface area contributed by atoms with Gasteiger partial charge in [-0.25, -0.2) is 0 Å². The molecule has 0 fully saturated rings. The summed E-state index contributed by atoms with van der Waals surface area (Å²) in [5, 5.41) is 13.7. The lowest BCUT2D eigenvalue weighted by Gasteiger charge is -2.03. The number of aromatic nitrogens is 4. The predicted octanol–water partition coefficient (Wildman–Crippen LogP) is 0.703. The van der Waals surface area contributed by atoms with Crippen molar-refractivity contribution < 1.29 is 4.74 Å². The molecule has 90 valence electrons. The zero-order valence-electron chi connectivity index (χ0n) is 9.41. The third-order valence-corrected chi connectivity index (χ3v) is 3.81. The molecule has 2 unspecified atom stereocenters. The van der Waals surface area contributed by atoms with Crippen LogP contribution in [0.3, 0.4) is 0 Å². The first-order chi connectivity index (χ1) is 8.28. The standard InChI is InChI=1S/C10H13N5OS/c1-16-5-8-12-13-10-15(8)14-9(17-10)6-2-3-7(11)4-6/h2-3,6-7H,4-5,11H2,1H3. The van der Waals surface area contributed by atoms with E-state index in [1.807, 2.05) is 6.08 Å². The molecule has 1 aliphatic rings. The number of hydrogen-bond donors (Lipinski definition) is 1. The van der Waals surface area contributed by atoms with Crippen LogP contribution in [0.1, 0.15) is 23.2 Å². The highest BCUT2D eigenvalue weighted by molar-refractivity contribution is 7.16. The Hall–Kier alpha value is -1.31. The van der Waals surface area contributed by atoms with Crippen LogP contribution >= 0.6 is 11.3 Å². The van der Waals surface area contributed by atoms with Crippen molar-refractivity contribution in [1.29, 1.82) is 0 Å². The fourth-order valence-corrected chi connectivity index (χ4v) is 2.90. The number of ether oxygens (including phenoxy) is 1. The quantitative estimate of drug-likeness (QED) is 0.812. The Bertz CT molecular complexity index is 560. The van der Waals surface area contributed by atoms with Crippen molar-refractivity contribution in [1.82, 2.24) is 19.8 Å². The van der Waals surface area contributed by atoms with Crippen molar-refractivity contribution in [2.45, 2.75) is 25.0 Å². The summed E-state index contributed by atoms with van der Waals surface area (Å²) in [4.78, 5) is 0.806. The van der Waals surface area contributed by atoms with Gasteiger partial charge in [-0.15, -0.1) is 10.2 Å². The Morgan fingerprint density at radius 1 is 1.53 bits per heavy atom. The van der Waals surface area contributed by atoms with E-state index in [4.69, 9.17) is 10.5 Å². The van der Waals surface area contributed by atoms with Gasteiger partial charge < -0.3 is 10.5 Å². The molecule has 0 aromatic carbocycles. The van der Waals surface area contributed by atoms with Crippen molar-refractivity contribution in [2.75, 3.05) is 7.11 Å². The largest absolute Gasteiger partial charge is 0.377 e. The average molecular weight is 251 g/mol. The van der Waals surface area contributed by atoms with Gasteiger partial charge in [0.25, 0.3) is 0 Å². The summed E-state index contributed by atoms with van der Waals surface area (Å²) in [6.45, 7) is 0.421. The van der Waals surface area contributed by atoms with Crippen molar-refractivity contribution in [3.63, 3.8) is 0 Å². The van der Waals surface area contributed by atoms with E-state index in [9.17, 15) is 0 Å². The molecule has 0 saturated carbocycles. The van der Waals surface area contributed by atoms with Gasteiger partial charge in [0.2, 0.25) is 4.96 Å². The molecule has 1 aliphatic carbocycles. The normalized spacial score (nSPS) is 23.9. The molecule has 2 atom stereocenters. The Kier molecular flexibility index (Phi) is 2.65. The van der Waals surface area contributed by atoms with E-state index in [1.54, 1.807) is 23.0 Å². The molecule has 0 radical (unpaired) electrons. The summed E-state index contributed by atoms with van der Waals surface area (Å²) in [7, 11) is 1.63. The van der Waals surface area contributed by atoms with Crippen molar-refractivity contribution >= 4 is 16.3 Å². The van der Waals surface area contributed by atoms with E-state index in [0.717, 1.165) is 22.2 Å². The topological polar surface area (TPSA) is 78.3 Å². The molecule has 0 spiro atoms. The summed E-state index contributed by atoms with van der Waals surface area (Å²) >= 11 is 1.56. The monoisotopic (exact) mass is 251 g/mol. The Labute approximate surface area is 102 Å². The summed E-state index contributed by atoms with van der Waals surface area (Å²) in [5.41, 5.74) is 5.84. The van der Waals surface area contributed by atoms with Crippen molar-refractivity contribution in [3.8, 4) is 0 Å². The van der Waals surface area contributed by atoms with Gasteiger partial charge in [0.1, 0.15) is 11.6 Å². The fraction of sp³-hybridized carbons (Fsp3) is 0.500. The van der Waals surface area contributed by atoms with Crippen LogP contribution in [0.4, 0.5) is 0 Å². The van der Waals surface area contributed by atoms with Crippen LogP contribution in [0, 0.1) is 0 Å². The molecule has 7 heteroatoms. The van der Waals surface area contributed by atoms with Crippen molar-refractivity contribution in [3.05, 3.63) is 23.0 Å². The number of nitrogens with zero attached hydrogens (tertiary/aromatic N) is 4. The Morgan fingerprint density at radius 2 is 2.41 bits per heavy atom. The number of rotatable bonds is 3. The molecule has 0 saturated heterocycles. The van der Waals surface area contributed by atoms with E-state index < -0.39 is 0 Å². The van der Waals surface area contributed by atoms with Gasteiger partial charge in [-0.2, -0.15) is 9.61 Å². The first-order valence-electron chi connectivity index (χ1n) is 5.42. The number of hydrogen-bond acceptors (Lipinski definition) is 6. The molecule has 2 N–H and O–H groups in total. The minimum absolute atomic E-state index is 0.146. The van der Waals surface area contributed by atoms with Crippen LogP contribution in [0.25, 0.3) is 4.96 Å². The second-order valence-electron chi connectivity index (χ2n) is 4.07. The minimum Gasteiger partial charge on any atom is -0.377 e. The number of methoxy groups -OCH3 is 1. The van der Waals surface area contributed by atoms with E-state index in [1.165, 1.54) is 0 Å². The zero-order valence-corrected chi connectivity index (χ0v) is 10.2. The van der Waals surface area contributed by atoms with Gasteiger partial charge in [0, 0.05) is 19.1 Å². The average Bonchev–Trinajstić information content (AvgIpc) is 2.95. The Morgan fingerprint density at radius 3 is 3.12 bits per heavy atom. The Balaban J connectivity index is 1.94. The fourth-order valence-electron chi connectivity index (χ4n) is 1.95. The minimum atomic E-state index is 0.146. The lowest BCUT2D eigenvalue weighted by Crippen LogP contribution is -2.14. The summed E-state index contributed by atoms with van der Waals surface area (Å²) in [6.07, 6.45) is 5.07. The summed E-state index contributed by atoms with van der Waals surface area (Å²) in [5.74, 6) is 1.04. The van der Waals surface area contributed by atoms with Crippen LogP contribution in [-0.2, 0) is 11.3 Å². The second kappa shape index (κ2) is 4.17. The maximum Gasteiger partial charge on any atom is 0.234 e. The third-order valence-electron chi connectivity index (χ3n) is 2.78. The van der Waals surface area contributed by atoms with Crippen LogP contribution in [0.2, 0.25) is 0 Å². The van der Waals surface area contributed by atoms with Crippen LogP contribution in [0.5, 0.6) is 0 Å².